The van der Waals surface area contributed by atoms with Gasteiger partial charge in [0.1, 0.15) is 17.3 Å². The lowest BCUT2D eigenvalue weighted by Crippen LogP contribution is -2.12. The summed E-state index contributed by atoms with van der Waals surface area (Å²) >= 11 is 0. The Morgan fingerprint density at radius 2 is 2.05 bits per heavy atom. The fraction of sp³-hybridized carbons (Fsp3) is 0. The highest BCUT2D eigenvalue weighted by atomic mass is 16.1. The number of nitrogens with one attached hydrogen (secondary N) is 1. The molecule has 0 bridgehead atoms. The number of aromatic amines is 1. The maximum Gasteiger partial charge on any atom is 0.259 e. The third kappa shape index (κ3) is 2.45. The Balaban J connectivity index is 2.14. The summed E-state index contributed by atoms with van der Waals surface area (Å²) in [4.78, 5) is 18.6. The zero-order valence-corrected chi connectivity index (χ0v) is 11.6. The first-order valence-corrected chi connectivity index (χ1v) is 6.63. The smallest absolute Gasteiger partial charge is 0.259 e. The number of rotatable bonds is 3. The van der Waals surface area contributed by atoms with Gasteiger partial charge in [-0.2, -0.15) is 5.26 Å². The average Bonchev–Trinajstić information content (AvgIpc) is 2.95. The van der Waals surface area contributed by atoms with E-state index >= 15 is 0 Å². The molecule has 2 heterocycles. The molecule has 3 N–H and O–H groups in total. The number of pyridine rings is 1. The van der Waals surface area contributed by atoms with E-state index in [0.29, 0.717) is 11.2 Å². The van der Waals surface area contributed by atoms with Crippen molar-refractivity contribution in [1.82, 2.24) is 9.97 Å². The molecule has 0 atom stereocenters. The summed E-state index contributed by atoms with van der Waals surface area (Å²) in [5, 5.41) is 9.78. The molecule has 1 aromatic carbocycles. The van der Waals surface area contributed by atoms with Crippen LogP contribution >= 0.6 is 0 Å². The maximum absolute atomic E-state index is 11.2. The van der Waals surface area contributed by atoms with E-state index in [1.54, 1.807) is 18.5 Å². The number of H-pyrrole nitrogens is 1. The standard InChI is InChI=1S/C17H12N4O/c18-8-12(16(19)22)6-14-10-21-17-15(14)7-13(9-20-17)11-4-2-1-3-5-11/h1-7,9-10H,(H2,19,22)(H,20,21). The Kier molecular flexibility index (Phi) is 3.42. The minimum atomic E-state index is -0.746. The largest absolute Gasteiger partial charge is 0.365 e. The van der Waals surface area contributed by atoms with E-state index in [0.717, 1.165) is 16.5 Å². The number of benzene rings is 1. The van der Waals surface area contributed by atoms with E-state index in [1.165, 1.54) is 6.08 Å². The Hall–Kier alpha value is -3.39. The van der Waals surface area contributed by atoms with Gasteiger partial charge in [-0.05, 0) is 17.7 Å². The second-order valence-corrected chi connectivity index (χ2v) is 4.76. The quantitative estimate of drug-likeness (QED) is 0.572. The Morgan fingerprint density at radius 1 is 1.27 bits per heavy atom. The average molecular weight is 288 g/mol. The van der Waals surface area contributed by atoms with E-state index in [9.17, 15) is 4.79 Å². The molecule has 0 saturated heterocycles. The molecular formula is C17H12N4O. The molecule has 3 aromatic rings. The molecule has 0 spiro atoms. The van der Waals surface area contributed by atoms with Crippen LogP contribution in [0, 0.1) is 11.3 Å². The van der Waals surface area contributed by atoms with Crippen LogP contribution in [0.1, 0.15) is 5.56 Å². The minimum absolute atomic E-state index is 0.0917. The predicted octanol–water partition coefficient (Wildman–Crippen LogP) is 2.62. The maximum atomic E-state index is 11.2. The first kappa shape index (κ1) is 13.6. The van der Waals surface area contributed by atoms with Gasteiger partial charge >= 0.3 is 0 Å². The van der Waals surface area contributed by atoms with Crippen molar-refractivity contribution in [1.29, 1.82) is 5.26 Å². The molecule has 3 rings (SSSR count). The number of nitriles is 1. The van der Waals surface area contributed by atoms with Crippen molar-refractivity contribution in [3.63, 3.8) is 0 Å². The van der Waals surface area contributed by atoms with E-state index in [1.807, 2.05) is 36.4 Å². The number of hydrogen-bond acceptors (Lipinski definition) is 3. The van der Waals surface area contributed by atoms with Crippen molar-refractivity contribution in [2.45, 2.75) is 0 Å². The number of primary amides is 1. The molecule has 22 heavy (non-hydrogen) atoms. The zero-order chi connectivity index (χ0) is 15.5. The number of hydrogen-bond donors (Lipinski definition) is 2. The molecule has 2 aromatic heterocycles. The van der Waals surface area contributed by atoms with Crippen LogP contribution in [0.3, 0.4) is 0 Å². The van der Waals surface area contributed by atoms with Crippen LogP contribution in [-0.2, 0) is 4.79 Å². The number of carbonyl (C=O) groups is 1. The molecule has 0 aliphatic rings. The molecule has 0 radical (unpaired) electrons. The van der Waals surface area contributed by atoms with Crippen molar-refractivity contribution in [2.75, 3.05) is 0 Å². The summed E-state index contributed by atoms with van der Waals surface area (Å²) in [7, 11) is 0. The van der Waals surface area contributed by atoms with E-state index < -0.39 is 5.91 Å². The van der Waals surface area contributed by atoms with Gasteiger partial charge in [0, 0.05) is 28.9 Å². The van der Waals surface area contributed by atoms with Crippen molar-refractivity contribution in [2.24, 2.45) is 5.73 Å². The molecule has 5 heteroatoms. The van der Waals surface area contributed by atoms with Gasteiger partial charge in [-0.3, -0.25) is 4.79 Å². The van der Waals surface area contributed by atoms with Gasteiger partial charge in [-0.1, -0.05) is 30.3 Å². The number of amides is 1. The second kappa shape index (κ2) is 5.54. The minimum Gasteiger partial charge on any atom is -0.365 e. The van der Waals surface area contributed by atoms with Gasteiger partial charge in [0.25, 0.3) is 5.91 Å². The van der Waals surface area contributed by atoms with Gasteiger partial charge in [0.05, 0.1) is 0 Å². The second-order valence-electron chi connectivity index (χ2n) is 4.76. The van der Waals surface area contributed by atoms with Gasteiger partial charge in [0.2, 0.25) is 0 Å². The number of carbonyl (C=O) groups excluding carboxylic acids is 1. The summed E-state index contributed by atoms with van der Waals surface area (Å²) in [6, 6.07) is 13.6. The fourth-order valence-corrected chi connectivity index (χ4v) is 2.25. The van der Waals surface area contributed by atoms with E-state index in [-0.39, 0.29) is 5.57 Å². The van der Waals surface area contributed by atoms with Crippen LogP contribution in [0.5, 0.6) is 0 Å². The molecular weight excluding hydrogens is 276 g/mol. The highest BCUT2D eigenvalue weighted by Gasteiger charge is 2.09. The van der Waals surface area contributed by atoms with Gasteiger partial charge in [-0.25, -0.2) is 4.98 Å². The number of nitrogens with zero attached hydrogens (tertiary/aromatic N) is 2. The molecule has 0 fully saturated rings. The normalized spacial score (nSPS) is 11.3. The van der Waals surface area contributed by atoms with Crippen LogP contribution < -0.4 is 5.73 Å². The van der Waals surface area contributed by atoms with Crippen LogP contribution in [0.4, 0.5) is 0 Å². The molecule has 106 valence electrons. The van der Waals surface area contributed by atoms with Crippen LogP contribution in [0.25, 0.3) is 28.2 Å². The topological polar surface area (TPSA) is 95.6 Å². The highest BCUT2D eigenvalue weighted by Crippen LogP contribution is 2.25. The fourth-order valence-electron chi connectivity index (χ4n) is 2.25. The van der Waals surface area contributed by atoms with Crippen molar-refractivity contribution < 1.29 is 4.79 Å². The monoisotopic (exact) mass is 288 g/mol. The summed E-state index contributed by atoms with van der Waals surface area (Å²) in [5.74, 6) is -0.746. The summed E-state index contributed by atoms with van der Waals surface area (Å²) in [6.07, 6.45) is 4.95. The first-order chi connectivity index (χ1) is 10.7. The SMILES string of the molecule is N#CC(=Cc1c[nH]c2ncc(-c3ccccc3)cc12)C(N)=O. The number of aromatic nitrogens is 2. The lowest BCUT2D eigenvalue weighted by Gasteiger charge is -2.01. The van der Waals surface area contributed by atoms with Gasteiger partial charge in [-0.15, -0.1) is 0 Å². The lowest BCUT2D eigenvalue weighted by atomic mass is 10.0. The van der Waals surface area contributed by atoms with Crippen molar-refractivity contribution in [3.05, 3.63) is 59.9 Å². The Labute approximate surface area is 126 Å². The molecule has 0 unspecified atom stereocenters. The number of fused-ring (bicyclic) bond motifs is 1. The first-order valence-electron chi connectivity index (χ1n) is 6.63. The molecule has 0 aliphatic carbocycles. The highest BCUT2D eigenvalue weighted by molar-refractivity contribution is 6.03. The molecule has 0 aliphatic heterocycles. The molecule has 5 nitrogen and oxygen atoms in total. The van der Waals surface area contributed by atoms with Crippen LogP contribution in [-0.4, -0.2) is 15.9 Å². The van der Waals surface area contributed by atoms with Crippen molar-refractivity contribution >= 4 is 23.0 Å². The third-order valence-corrected chi connectivity index (χ3v) is 3.36. The van der Waals surface area contributed by atoms with Crippen molar-refractivity contribution in [3.8, 4) is 17.2 Å². The number of nitrogens with two attached hydrogens (primary N) is 1. The lowest BCUT2D eigenvalue weighted by molar-refractivity contribution is -0.114. The third-order valence-electron chi connectivity index (χ3n) is 3.36. The predicted molar refractivity (Wildman–Crippen MR) is 84.3 cm³/mol. The van der Waals surface area contributed by atoms with E-state index in [4.69, 9.17) is 11.0 Å². The zero-order valence-electron chi connectivity index (χ0n) is 11.6. The summed E-state index contributed by atoms with van der Waals surface area (Å²) in [6.45, 7) is 0. The Bertz CT molecular complexity index is 917. The van der Waals surface area contributed by atoms with Crippen LogP contribution in [0.15, 0.2) is 54.4 Å². The summed E-state index contributed by atoms with van der Waals surface area (Å²) in [5.41, 5.74) is 8.48. The Morgan fingerprint density at radius 3 is 2.73 bits per heavy atom. The van der Waals surface area contributed by atoms with Gasteiger partial charge < -0.3 is 10.7 Å². The van der Waals surface area contributed by atoms with Gasteiger partial charge in [0.15, 0.2) is 0 Å². The van der Waals surface area contributed by atoms with E-state index in [2.05, 4.69) is 9.97 Å². The summed E-state index contributed by atoms with van der Waals surface area (Å²) < 4.78 is 0. The molecule has 0 saturated carbocycles. The molecule has 1 amide bonds. The van der Waals surface area contributed by atoms with Crippen LogP contribution in [0.2, 0.25) is 0 Å².